The number of nitrogens with two attached hydrogens (primary N) is 1. The predicted octanol–water partition coefficient (Wildman–Crippen LogP) is 2.76. The highest BCUT2D eigenvalue weighted by molar-refractivity contribution is 14.0. The second-order valence-electron chi connectivity index (χ2n) is 5.49. The van der Waals surface area contributed by atoms with E-state index in [4.69, 9.17) is 10.5 Å². The smallest absolute Gasteiger partial charge is 0.188 e. The van der Waals surface area contributed by atoms with Crippen LogP contribution in [0.25, 0.3) is 0 Å². The molecule has 114 valence electrons. The number of nitrogens with one attached hydrogen (secondary N) is 1. The van der Waals surface area contributed by atoms with Gasteiger partial charge in [0, 0.05) is 25.6 Å². The van der Waals surface area contributed by atoms with Crippen LogP contribution in [0.15, 0.2) is 4.99 Å². The van der Waals surface area contributed by atoms with Crippen molar-refractivity contribution in [2.24, 2.45) is 22.6 Å². The molecule has 1 fully saturated rings. The third-order valence-electron chi connectivity index (χ3n) is 3.48. The average Bonchev–Trinajstić information content (AvgIpc) is 2.37. The summed E-state index contributed by atoms with van der Waals surface area (Å²) in [5.41, 5.74) is 5.85. The Labute approximate surface area is 135 Å². The molecule has 1 rings (SSSR count). The molecule has 0 saturated carbocycles. The molecular weight excluding hydrogens is 353 g/mol. The van der Waals surface area contributed by atoms with Gasteiger partial charge in [0.15, 0.2) is 5.96 Å². The van der Waals surface area contributed by atoms with Crippen LogP contribution >= 0.6 is 24.0 Å². The number of aliphatic imine (C=N–C) groups is 1. The number of unbranched alkanes of at least 4 members (excludes halogenated alkanes) is 1. The SMILES string of the molecule is CCCCNC(N)=NCC1CCCOC1C(C)C.I. The fraction of sp³-hybridized carbons (Fsp3) is 0.929. The Morgan fingerprint density at radius 1 is 1.47 bits per heavy atom. The van der Waals surface area contributed by atoms with Crippen LogP contribution in [-0.2, 0) is 4.74 Å². The lowest BCUT2D eigenvalue weighted by atomic mass is 9.87. The van der Waals surface area contributed by atoms with Gasteiger partial charge in [-0.3, -0.25) is 4.99 Å². The van der Waals surface area contributed by atoms with Gasteiger partial charge in [0.25, 0.3) is 0 Å². The maximum atomic E-state index is 5.85. The summed E-state index contributed by atoms with van der Waals surface area (Å²) in [5, 5.41) is 3.15. The molecule has 0 radical (unpaired) electrons. The van der Waals surface area contributed by atoms with Gasteiger partial charge in [-0.2, -0.15) is 0 Å². The number of guanidine groups is 1. The van der Waals surface area contributed by atoms with Crippen molar-refractivity contribution < 1.29 is 4.74 Å². The molecule has 0 amide bonds. The number of hydrogen-bond donors (Lipinski definition) is 2. The summed E-state index contributed by atoms with van der Waals surface area (Å²) in [6.07, 6.45) is 5.00. The van der Waals surface area contributed by atoms with Crippen LogP contribution in [-0.4, -0.2) is 31.8 Å². The zero-order chi connectivity index (χ0) is 13.4. The molecule has 2 atom stereocenters. The van der Waals surface area contributed by atoms with E-state index in [0.29, 0.717) is 23.9 Å². The zero-order valence-electron chi connectivity index (χ0n) is 12.5. The summed E-state index contributed by atoms with van der Waals surface area (Å²) in [5.74, 6) is 1.65. The van der Waals surface area contributed by atoms with Crippen LogP contribution < -0.4 is 11.1 Å². The zero-order valence-corrected chi connectivity index (χ0v) is 14.9. The van der Waals surface area contributed by atoms with Gasteiger partial charge in [-0.05, 0) is 25.2 Å². The Morgan fingerprint density at radius 2 is 2.21 bits per heavy atom. The van der Waals surface area contributed by atoms with E-state index in [9.17, 15) is 0 Å². The first-order valence-corrected chi connectivity index (χ1v) is 7.30. The number of halogens is 1. The van der Waals surface area contributed by atoms with Gasteiger partial charge in [0.1, 0.15) is 0 Å². The van der Waals surface area contributed by atoms with Crippen LogP contribution in [0.4, 0.5) is 0 Å². The second kappa shape index (κ2) is 10.7. The predicted molar refractivity (Wildman–Crippen MR) is 92.1 cm³/mol. The third-order valence-corrected chi connectivity index (χ3v) is 3.48. The van der Waals surface area contributed by atoms with Gasteiger partial charge in [0.2, 0.25) is 0 Å². The lowest BCUT2D eigenvalue weighted by Crippen LogP contribution is -2.37. The minimum absolute atomic E-state index is 0. The highest BCUT2D eigenvalue weighted by Gasteiger charge is 2.28. The van der Waals surface area contributed by atoms with Crippen molar-refractivity contribution in [3.63, 3.8) is 0 Å². The quantitative estimate of drug-likeness (QED) is 0.321. The van der Waals surface area contributed by atoms with Crippen LogP contribution in [0.5, 0.6) is 0 Å². The number of nitrogens with zero attached hydrogens (tertiary/aromatic N) is 1. The van der Waals surface area contributed by atoms with Crippen molar-refractivity contribution in [1.29, 1.82) is 0 Å². The Hall–Kier alpha value is -0.0400. The summed E-state index contributed by atoms with van der Waals surface area (Å²) >= 11 is 0. The molecule has 0 aromatic rings. The van der Waals surface area contributed by atoms with Crippen molar-refractivity contribution in [2.45, 2.75) is 52.6 Å². The number of hydrogen-bond acceptors (Lipinski definition) is 2. The molecule has 4 nitrogen and oxygen atoms in total. The van der Waals surface area contributed by atoms with Crippen molar-refractivity contribution in [2.75, 3.05) is 19.7 Å². The average molecular weight is 383 g/mol. The summed E-state index contributed by atoms with van der Waals surface area (Å²) in [4.78, 5) is 4.46. The van der Waals surface area contributed by atoms with Gasteiger partial charge in [-0.15, -0.1) is 24.0 Å². The first-order chi connectivity index (χ1) is 8.65. The fourth-order valence-corrected chi connectivity index (χ4v) is 2.46. The summed E-state index contributed by atoms with van der Waals surface area (Å²) in [6, 6.07) is 0. The van der Waals surface area contributed by atoms with E-state index >= 15 is 0 Å². The summed E-state index contributed by atoms with van der Waals surface area (Å²) in [6.45, 7) is 9.20. The van der Waals surface area contributed by atoms with Crippen molar-refractivity contribution >= 4 is 29.9 Å². The highest BCUT2D eigenvalue weighted by atomic mass is 127. The molecule has 0 aromatic heterocycles. The topological polar surface area (TPSA) is 59.6 Å². The van der Waals surface area contributed by atoms with E-state index in [1.54, 1.807) is 0 Å². The molecule has 0 bridgehead atoms. The normalized spacial score (nSPS) is 24.1. The Balaban J connectivity index is 0.00000324. The molecule has 5 heteroatoms. The third kappa shape index (κ3) is 7.34. The van der Waals surface area contributed by atoms with E-state index in [1.165, 1.54) is 12.8 Å². The molecular formula is C14H30IN3O. The standard InChI is InChI=1S/C14H29N3O.HI/c1-4-5-8-16-14(15)17-10-12-7-6-9-18-13(12)11(2)3;/h11-13H,4-10H2,1-3H3,(H3,15,16,17);1H. The molecule has 1 saturated heterocycles. The van der Waals surface area contributed by atoms with Crippen LogP contribution in [0.2, 0.25) is 0 Å². The molecule has 1 aliphatic heterocycles. The lowest BCUT2D eigenvalue weighted by molar-refractivity contribution is -0.0491. The van der Waals surface area contributed by atoms with Crippen LogP contribution in [0, 0.1) is 11.8 Å². The first-order valence-electron chi connectivity index (χ1n) is 7.30. The molecule has 1 aliphatic rings. The molecule has 2 unspecified atom stereocenters. The van der Waals surface area contributed by atoms with E-state index < -0.39 is 0 Å². The maximum absolute atomic E-state index is 5.85. The molecule has 0 aromatic carbocycles. The minimum atomic E-state index is 0. The first kappa shape index (κ1) is 19.0. The fourth-order valence-electron chi connectivity index (χ4n) is 2.46. The van der Waals surface area contributed by atoms with E-state index in [0.717, 1.165) is 32.5 Å². The Bertz CT molecular complexity index is 259. The Kier molecular flexibility index (Phi) is 10.7. The number of ether oxygens (including phenoxy) is 1. The van der Waals surface area contributed by atoms with Crippen molar-refractivity contribution in [1.82, 2.24) is 5.32 Å². The number of rotatable bonds is 6. The monoisotopic (exact) mass is 383 g/mol. The van der Waals surface area contributed by atoms with E-state index in [2.05, 4.69) is 31.1 Å². The largest absolute Gasteiger partial charge is 0.378 e. The van der Waals surface area contributed by atoms with Crippen molar-refractivity contribution in [3.8, 4) is 0 Å². The van der Waals surface area contributed by atoms with Gasteiger partial charge in [-0.1, -0.05) is 27.2 Å². The molecule has 19 heavy (non-hydrogen) atoms. The molecule has 0 spiro atoms. The van der Waals surface area contributed by atoms with Gasteiger partial charge < -0.3 is 15.8 Å². The minimum Gasteiger partial charge on any atom is -0.378 e. The molecule has 0 aliphatic carbocycles. The van der Waals surface area contributed by atoms with E-state index in [-0.39, 0.29) is 24.0 Å². The van der Waals surface area contributed by atoms with Gasteiger partial charge >= 0.3 is 0 Å². The second-order valence-corrected chi connectivity index (χ2v) is 5.49. The van der Waals surface area contributed by atoms with Crippen molar-refractivity contribution in [3.05, 3.63) is 0 Å². The van der Waals surface area contributed by atoms with Gasteiger partial charge in [-0.25, -0.2) is 0 Å². The highest BCUT2D eigenvalue weighted by Crippen LogP contribution is 2.26. The summed E-state index contributed by atoms with van der Waals surface area (Å²) < 4.78 is 5.85. The van der Waals surface area contributed by atoms with Gasteiger partial charge in [0.05, 0.1) is 6.10 Å². The molecule has 3 N–H and O–H groups in total. The Morgan fingerprint density at radius 3 is 2.84 bits per heavy atom. The van der Waals surface area contributed by atoms with Crippen LogP contribution in [0.1, 0.15) is 46.5 Å². The lowest BCUT2D eigenvalue weighted by Gasteiger charge is -2.33. The van der Waals surface area contributed by atoms with Crippen LogP contribution in [0.3, 0.4) is 0 Å². The van der Waals surface area contributed by atoms with E-state index in [1.807, 2.05) is 0 Å². The summed E-state index contributed by atoms with van der Waals surface area (Å²) in [7, 11) is 0. The maximum Gasteiger partial charge on any atom is 0.188 e. The molecule has 1 heterocycles.